The lowest BCUT2D eigenvalue weighted by atomic mass is 9.50. The molecule has 5 rings (SSSR count). The van der Waals surface area contributed by atoms with Gasteiger partial charge in [0.25, 0.3) is 0 Å². The highest BCUT2D eigenvalue weighted by atomic mass is 16.6. The van der Waals surface area contributed by atoms with Gasteiger partial charge in [0, 0.05) is 23.6 Å². The Balaban J connectivity index is 1.42. The third-order valence-electron chi connectivity index (χ3n) is 8.97. The molecule has 0 amide bonds. The van der Waals surface area contributed by atoms with Crippen molar-refractivity contribution < 1.29 is 68.5 Å². The molecule has 0 radical (unpaired) electrons. The number of esters is 3. The van der Waals surface area contributed by atoms with E-state index >= 15 is 0 Å². The van der Waals surface area contributed by atoms with Crippen LogP contribution in [0.25, 0.3) is 0 Å². The first-order valence-corrected chi connectivity index (χ1v) is 14.0. The molecule has 2 aliphatic heterocycles. The van der Waals surface area contributed by atoms with Crippen molar-refractivity contribution >= 4 is 29.8 Å². The Morgan fingerprint density at radius 1 is 1.09 bits per heavy atom. The van der Waals surface area contributed by atoms with Gasteiger partial charge in [-0.3, -0.25) is 9.59 Å². The number of carboxylic acid groups (broad SMARTS) is 2. The van der Waals surface area contributed by atoms with Crippen LogP contribution in [-0.4, -0.2) is 110 Å². The van der Waals surface area contributed by atoms with Gasteiger partial charge in [-0.1, -0.05) is 12.1 Å². The van der Waals surface area contributed by atoms with Crippen LogP contribution in [0.5, 0.6) is 5.75 Å². The van der Waals surface area contributed by atoms with Crippen molar-refractivity contribution in [3.8, 4) is 5.75 Å². The molecule has 1 saturated heterocycles. The SMILES string of the molecule is C[C@H](O)C(=O)O[C@@H](CC(=O)OC1=CC[C@@]2(O)[C@H]3Cc4ccc(CO)c5c4[C@@]2(CCN3C)[C@H]1O5)C(=O)O[C@H](CC(=O)O)C(=O)O. The molecule has 2 bridgehead atoms. The maximum absolute atomic E-state index is 13.2. The minimum atomic E-state index is -2.15. The predicted octanol–water partition coefficient (Wildman–Crippen LogP) is -0.846. The first-order chi connectivity index (χ1) is 20.7. The third-order valence-corrected chi connectivity index (χ3v) is 8.97. The predicted molar refractivity (Wildman–Crippen MR) is 143 cm³/mol. The zero-order valence-corrected chi connectivity index (χ0v) is 23.9. The van der Waals surface area contributed by atoms with E-state index in [0.29, 0.717) is 30.7 Å². The van der Waals surface area contributed by atoms with E-state index in [9.17, 15) is 44.4 Å². The molecule has 1 aromatic rings. The second-order valence-corrected chi connectivity index (χ2v) is 11.5. The molecule has 5 N–H and O–H groups in total. The molecule has 1 spiro atoms. The molecular formula is C29H33NO14. The zero-order chi connectivity index (χ0) is 32.1. The van der Waals surface area contributed by atoms with E-state index in [1.165, 1.54) is 6.08 Å². The molecule has 1 fully saturated rings. The van der Waals surface area contributed by atoms with Crippen LogP contribution in [0.2, 0.25) is 0 Å². The van der Waals surface area contributed by atoms with Crippen molar-refractivity contribution in [2.75, 3.05) is 13.6 Å². The molecule has 15 heteroatoms. The number of hydrogen-bond donors (Lipinski definition) is 5. The van der Waals surface area contributed by atoms with Crippen LogP contribution in [0.3, 0.4) is 0 Å². The lowest BCUT2D eigenvalue weighted by molar-refractivity contribution is -0.184. The van der Waals surface area contributed by atoms with E-state index in [1.54, 1.807) is 6.07 Å². The van der Waals surface area contributed by atoms with Crippen LogP contribution in [0.15, 0.2) is 24.0 Å². The van der Waals surface area contributed by atoms with E-state index in [2.05, 4.69) is 4.90 Å². The van der Waals surface area contributed by atoms with Crippen LogP contribution in [-0.2, 0) is 56.6 Å². The number of piperidine rings is 1. The zero-order valence-electron chi connectivity index (χ0n) is 23.9. The molecule has 0 unspecified atom stereocenters. The summed E-state index contributed by atoms with van der Waals surface area (Å²) < 4.78 is 21.6. The highest BCUT2D eigenvalue weighted by Gasteiger charge is 2.71. The largest absolute Gasteiger partial charge is 0.481 e. The molecule has 7 atom stereocenters. The highest BCUT2D eigenvalue weighted by molar-refractivity contribution is 5.88. The van der Waals surface area contributed by atoms with Crippen LogP contribution in [0.4, 0.5) is 0 Å². The van der Waals surface area contributed by atoms with Gasteiger partial charge < -0.3 is 49.4 Å². The van der Waals surface area contributed by atoms with Gasteiger partial charge in [-0.2, -0.15) is 0 Å². The third kappa shape index (κ3) is 4.99. The molecule has 0 aromatic heterocycles. The van der Waals surface area contributed by atoms with Gasteiger partial charge in [0.15, 0.2) is 6.10 Å². The van der Waals surface area contributed by atoms with Crippen LogP contribution >= 0.6 is 0 Å². The Morgan fingerprint density at radius 3 is 2.43 bits per heavy atom. The van der Waals surface area contributed by atoms with Crippen molar-refractivity contribution in [1.29, 1.82) is 0 Å². The first kappa shape index (κ1) is 31.4. The minimum absolute atomic E-state index is 0.0270. The number of aliphatic hydroxyl groups is 3. The number of carbonyl (C=O) groups is 5. The summed E-state index contributed by atoms with van der Waals surface area (Å²) in [5.41, 5.74) is -0.128. The lowest BCUT2D eigenvalue weighted by Crippen LogP contribution is -2.74. The Hall–Kier alpha value is -4.05. The summed E-state index contributed by atoms with van der Waals surface area (Å²) in [5.74, 6) is -6.93. The van der Waals surface area contributed by atoms with Crippen molar-refractivity contribution in [2.24, 2.45) is 0 Å². The van der Waals surface area contributed by atoms with E-state index in [-0.39, 0.29) is 24.8 Å². The molecule has 0 saturated carbocycles. The van der Waals surface area contributed by atoms with E-state index < -0.39 is 78.1 Å². The molecule has 44 heavy (non-hydrogen) atoms. The average molecular weight is 620 g/mol. The summed E-state index contributed by atoms with van der Waals surface area (Å²) in [4.78, 5) is 62.6. The fraction of sp³-hybridized carbons (Fsp3) is 0.552. The molecule has 2 aliphatic carbocycles. The van der Waals surface area contributed by atoms with E-state index in [1.807, 2.05) is 13.1 Å². The maximum Gasteiger partial charge on any atom is 0.348 e. The summed E-state index contributed by atoms with van der Waals surface area (Å²) in [6.07, 6.45) is -6.45. The topological polar surface area (TPSA) is 227 Å². The molecule has 15 nitrogen and oxygen atoms in total. The Labute approximate surface area is 250 Å². The lowest BCUT2D eigenvalue weighted by Gasteiger charge is -2.61. The number of nitrogens with zero attached hydrogens (tertiary/aromatic N) is 1. The fourth-order valence-corrected chi connectivity index (χ4v) is 6.92. The van der Waals surface area contributed by atoms with Gasteiger partial charge in [-0.05, 0) is 45.0 Å². The van der Waals surface area contributed by atoms with Gasteiger partial charge in [0.05, 0.1) is 30.5 Å². The van der Waals surface area contributed by atoms with Crippen LogP contribution in [0, 0.1) is 0 Å². The normalized spacial score (nSPS) is 28.3. The number of likely N-dealkylation sites (N-methyl/N-ethyl adjacent to an activating group) is 1. The monoisotopic (exact) mass is 619 g/mol. The standard InChI is InChI=1S/C29H33NO14/c1-13(32)26(38)43-18(27(39)42-17(25(36)37)10-20(33)34)11-21(35)41-16-5-6-29(40)19-9-14-3-4-15(12-31)23-22(14)28(29,24(16)44-23)7-8-30(19)2/h3-5,13,17-19,24,31-32,40H,6-12H2,1-2H3,(H,33,34)(H,36,37)/t13-,17+,18-,19+,24-,28-,29+/m0/s1. The minimum Gasteiger partial charge on any atom is -0.481 e. The number of aliphatic carboxylic acids is 2. The Kier molecular flexibility index (Phi) is 8.18. The number of hydrogen-bond acceptors (Lipinski definition) is 13. The van der Waals surface area contributed by atoms with E-state index in [0.717, 1.165) is 18.1 Å². The van der Waals surface area contributed by atoms with Crippen molar-refractivity contribution in [3.63, 3.8) is 0 Å². The molecule has 238 valence electrons. The number of benzene rings is 1. The van der Waals surface area contributed by atoms with Crippen LogP contribution < -0.4 is 4.74 Å². The van der Waals surface area contributed by atoms with Crippen LogP contribution in [0.1, 0.15) is 49.3 Å². The smallest absolute Gasteiger partial charge is 0.348 e. The number of rotatable bonds is 11. The van der Waals surface area contributed by atoms with Gasteiger partial charge in [0.1, 0.15) is 17.6 Å². The van der Waals surface area contributed by atoms with Gasteiger partial charge in [0.2, 0.25) is 12.2 Å². The summed E-state index contributed by atoms with van der Waals surface area (Å²) in [7, 11) is 1.92. The van der Waals surface area contributed by atoms with Crippen molar-refractivity contribution in [2.45, 2.75) is 87.1 Å². The summed E-state index contributed by atoms with van der Waals surface area (Å²) >= 11 is 0. The highest BCUT2D eigenvalue weighted by Crippen LogP contribution is 2.64. The van der Waals surface area contributed by atoms with Crippen molar-refractivity contribution in [3.05, 3.63) is 40.7 Å². The summed E-state index contributed by atoms with van der Waals surface area (Å²) in [5, 5.41) is 50.0. The number of likely N-dealkylation sites (tertiary alicyclic amines) is 1. The second kappa shape index (κ2) is 11.5. The number of aliphatic hydroxyl groups excluding tert-OH is 2. The molecule has 4 aliphatic rings. The van der Waals surface area contributed by atoms with E-state index in [4.69, 9.17) is 24.1 Å². The first-order valence-electron chi connectivity index (χ1n) is 14.0. The Bertz CT molecular complexity index is 1440. The summed E-state index contributed by atoms with van der Waals surface area (Å²) in [6.45, 7) is 1.30. The van der Waals surface area contributed by atoms with Gasteiger partial charge >= 0.3 is 29.8 Å². The molecular weight excluding hydrogens is 586 g/mol. The van der Waals surface area contributed by atoms with Gasteiger partial charge in [-0.15, -0.1) is 0 Å². The van der Waals surface area contributed by atoms with Gasteiger partial charge in [-0.25, -0.2) is 14.4 Å². The molecule has 2 heterocycles. The number of ether oxygens (including phenoxy) is 4. The summed E-state index contributed by atoms with van der Waals surface area (Å²) in [6, 6.07) is 3.37. The van der Waals surface area contributed by atoms with Crippen molar-refractivity contribution in [1.82, 2.24) is 4.90 Å². The molecule has 1 aromatic carbocycles. The number of carbonyl (C=O) groups excluding carboxylic acids is 3. The second-order valence-electron chi connectivity index (χ2n) is 11.5. The Morgan fingerprint density at radius 2 is 1.80 bits per heavy atom. The average Bonchev–Trinajstić information content (AvgIpc) is 3.31. The quantitative estimate of drug-likeness (QED) is 0.150. The fourth-order valence-electron chi connectivity index (χ4n) is 6.92. The maximum atomic E-state index is 13.2. The number of carboxylic acids is 2.